The van der Waals surface area contributed by atoms with Crippen LogP contribution in [-0.2, 0) is 21.4 Å². The normalized spacial score (nSPS) is 10.9. The minimum absolute atomic E-state index is 0.180. The second kappa shape index (κ2) is 7.12. The Labute approximate surface area is 131 Å². The molecule has 0 aliphatic rings. The average molecular weight is 315 g/mol. The van der Waals surface area contributed by atoms with Crippen molar-refractivity contribution in [3.05, 3.63) is 59.7 Å². The van der Waals surface area contributed by atoms with Crippen molar-refractivity contribution in [2.24, 2.45) is 0 Å². The quantitative estimate of drug-likeness (QED) is 0.658. The van der Waals surface area contributed by atoms with E-state index in [-0.39, 0.29) is 18.1 Å². The van der Waals surface area contributed by atoms with Crippen LogP contribution in [-0.4, -0.2) is 15.0 Å². The van der Waals surface area contributed by atoms with E-state index in [2.05, 4.69) is 10.6 Å². The number of aryl methyl sites for hydroxylation is 1. The van der Waals surface area contributed by atoms with E-state index in [0.717, 1.165) is 11.1 Å². The van der Waals surface area contributed by atoms with Crippen molar-refractivity contribution in [3.8, 4) is 12.3 Å². The van der Waals surface area contributed by atoms with E-state index in [1.54, 1.807) is 42.5 Å². The van der Waals surface area contributed by atoms with Crippen LogP contribution in [0.25, 0.3) is 0 Å². The number of para-hydroxylation sites is 1. The van der Waals surface area contributed by atoms with E-state index >= 15 is 0 Å². The summed E-state index contributed by atoms with van der Waals surface area (Å²) in [6, 6.07) is 13.7. The molecule has 0 bridgehead atoms. The SMILES string of the molecule is C#CCOCc1ccccc1NS(=O)(=O)c1ccc(C)cc1. The Hall–Kier alpha value is -2.29. The number of nitrogens with one attached hydrogen (secondary N) is 1. The van der Waals surface area contributed by atoms with Crippen LogP contribution < -0.4 is 4.72 Å². The number of hydrogen-bond acceptors (Lipinski definition) is 3. The molecule has 0 fully saturated rings. The molecule has 2 aromatic rings. The highest BCUT2D eigenvalue weighted by atomic mass is 32.2. The molecule has 0 amide bonds. The molecule has 0 atom stereocenters. The van der Waals surface area contributed by atoms with E-state index < -0.39 is 10.0 Å². The predicted molar refractivity (Wildman–Crippen MR) is 86.9 cm³/mol. The third-order valence-corrected chi connectivity index (χ3v) is 4.42. The zero-order valence-electron chi connectivity index (χ0n) is 12.2. The maximum Gasteiger partial charge on any atom is 0.261 e. The molecule has 0 unspecified atom stereocenters. The Balaban J connectivity index is 2.22. The number of hydrogen-bond donors (Lipinski definition) is 1. The van der Waals surface area contributed by atoms with E-state index in [0.29, 0.717) is 5.69 Å². The Morgan fingerprint density at radius 3 is 2.50 bits per heavy atom. The predicted octanol–water partition coefficient (Wildman–Crippen LogP) is 2.95. The maximum absolute atomic E-state index is 12.4. The van der Waals surface area contributed by atoms with Crippen molar-refractivity contribution in [2.75, 3.05) is 11.3 Å². The summed E-state index contributed by atoms with van der Waals surface area (Å²) < 4.78 is 32.7. The number of benzene rings is 2. The molecule has 0 spiro atoms. The van der Waals surface area contributed by atoms with Gasteiger partial charge in [0.1, 0.15) is 6.61 Å². The summed E-state index contributed by atoms with van der Waals surface area (Å²) in [4.78, 5) is 0.220. The van der Waals surface area contributed by atoms with Gasteiger partial charge in [0.2, 0.25) is 0 Å². The lowest BCUT2D eigenvalue weighted by atomic mass is 10.2. The van der Waals surface area contributed by atoms with E-state index in [9.17, 15) is 8.42 Å². The van der Waals surface area contributed by atoms with Crippen LogP contribution in [0, 0.1) is 19.3 Å². The molecule has 5 heteroatoms. The van der Waals surface area contributed by atoms with Gasteiger partial charge in [0.15, 0.2) is 0 Å². The Morgan fingerprint density at radius 1 is 1.14 bits per heavy atom. The lowest BCUT2D eigenvalue weighted by Gasteiger charge is -2.12. The van der Waals surface area contributed by atoms with Gasteiger partial charge in [-0.1, -0.05) is 41.8 Å². The molecule has 114 valence electrons. The molecule has 22 heavy (non-hydrogen) atoms. The monoisotopic (exact) mass is 315 g/mol. The summed E-state index contributed by atoms with van der Waals surface area (Å²) in [6.07, 6.45) is 5.13. The van der Waals surface area contributed by atoms with Crippen LogP contribution in [0.15, 0.2) is 53.4 Å². The highest BCUT2D eigenvalue weighted by Crippen LogP contribution is 2.21. The van der Waals surface area contributed by atoms with Crippen molar-refractivity contribution < 1.29 is 13.2 Å². The van der Waals surface area contributed by atoms with Crippen LogP contribution >= 0.6 is 0 Å². The number of terminal acetylenes is 1. The first-order chi connectivity index (χ1) is 10.5. The van der Waals surface area contributed by atoms with Crippen LogP contribution in [0.2, 0.25) is 0 Å². The van der Waals surface area contributed by atoms with Crippen LogP contribution in [0.3, 0.4) is 0 Å². The first-order valence-electron chi connectivity index (χ1n) is 6.71. The van der Waals surface area contributed by atoms with Gasteiger partial charge in [-0.05, 0) is 25.1 Å². The van der Waals surface area contributed by atoms with Gasteiger partial charge in [-0.25, -0.2) is 8.42 Å². The van der Waals surface area contributed by atoms with Gasteiger partial charge < -0.3 is 4.74 Å². The molecule has 0 aromatic heterocycles. The molecule has 0 aliphatic carbocycles. The molecule has 0 aliphatic heterocycles. The molecule has 0 radical (unpaired) electrons. The number of ether oxygens (including phenoxy) is 1. The molecule has 1 N–H and O–H groups in total. The Morgan fingerprint density at radius 2 is 1.82 bits per heavy atom. The highest BCUT2D eigenvalue weighted by Gasteiger charge is 2.15. The number of sulfonamides is 1. The van der Waals surface area contributed by atoms with Gasteiger partial charge in [-0.2, -0.15) is 0 Å². The van der Waals surface area contributed by atoms with Crippen molar-refractivity contribution in [1.82, 2.24) is 0 Å². The molecular formula is C17H17NO3S. The zero-order valence-corrected chi connectivity index (χ0v) is 13.1. The Kier molecular flexibility index (Phi) is 5.21. The van der Waals surface area contributed by atoms with E-state index in [1.165, 1.54) is 0 Å². The van der Waals surface area contributed by atoms with Crippen LogP contribution in [0.4, 0.5) is 5.69 Å². The summed E-state index contributed by atoms with van der Waals surface area (Å²) >= 11 is 0. The fourth-order valence-corrected chi connectivity index (χ4v) is 2.99. The van der Waals surface area contributed by atoms with E-state index in [1.807, 2.05) is 13.0 Å². The Bertz CT molecular complexity index is 774. The third-order valence-electron chi connectivity index (χ3n) is 3.04. The molecule has 2 aromatic carbocycles. The first-order valence-corrected chi connectivity index (χ1v) is 8.20. The largest absolute Gasteiger partial charge is 0.364 e. The van der Waals surface area contributed by atoms with E-state index in [4.69, 9.17) is 11.2 Å². The smallest absolute Gasteiger partial charge is 0.261 e. The van der Waals surface area contributed by atoms with Gasteiger partial charge in [0, 0.05) is 5.56 Å². The first kappa shape index (κ1) is 16.1. The average Bonchev–Trinajstić information content (AvgIpc) is 2.49. The second-order valence-electron chi connectivity index (χ2n) is 4.77. The minimum Gasteiger partial charge on any atom is -0.364 e. The summed E-state index contributed by atoms with van der Waals surface area (Å²) in [5, 5.41) is 0. The standard InChI is InChI=1S/C17H17NO3S/c1-3-12-21-13-15-6-4-5-7-17(15)18-22(19,20)16-10-8-14(2)9-11-16/h1,4-11,18H,12-13H2,2H3. The molecular weight excluding hydrogens is 298 g/mol. The summed E-state index contributed by atoms with van der Waals surface area (Å²) in [7, 11) is -3.63. The third kappa shape index (κ3) is 4.10. The summed E-state index contributed by atoms with van der Waals surface area (Å²) in [5.74, 6) is 2.38. The van der Waals surface area contributed by atoms with Crippen molar-refractivity contribution >= 4 is 15.7 Å². The fraction of sp³-hybridized carbons (Fsp3) is 0.176. The summed E-state index contributed by atoms with van der Waals surface area (Å²) in [6.45, 7) is 2.33. The molecule has 0 saturated heterocycles. The van der Waals surface area contributed by atoms with Crippen molar-refractivity contribution in [3.63, 3.8) is 0 Å². The molecule has 4 nitrogen and oxygen atoms in total. The van der Waals surface area contributed by atoms with Gasteiger partial charge in [0.05, 0.1) is 17.2 Å². The second-order valence-corrected chi connectivity index (χ2v) is 6.46. The number of anilines is 1. The lowest BCUT2D eigenvalue weighted by Crippen LogP contribution is -2.14. The highest BCUT2D eigenvalue weighted by molar-refractivity contribution is 7.92. The molecule has 2 rings (SSSR count). The van der Waals surface area contributed by atoms with Gasteiger partial charge >= 0.3 is 0 Å². The van der Waals surface area contributed by atoms with Crippen LogP contribution in [0.5, 0.6) is 0 Å². The lowest BCUT2D eigenvalue weighted by molar-refractivity contribution is 0.154. The van der Waals surface area contributed by atoms with Crippen molar-refractivity contribution in [2.45, 2.75) is 18.4 Å². The van der Waals surface area contributed by atoms with Gasteiger partial charge in [-0.15, -0.1) is 6.42 Å². The van der Waals surface area contributed by atoms with Gasteiger partial charge in [-0.3, -0.25) is 4.72 Å². The van der Waals surface area contributed by atoms with Crippen LogP contribution in [0.1, 0.15) is 11.1 Å². The minimum atomic E-state index is -3.63. The van der Waals surface area contributed by atoms with Gasteiger partial charge in [0.25, 0.3) is 10.0 Å². The molecule has 0 saturated carbocycles. The maximum atomic E-state index is 12.4. The number of rotatable bonds is 6. The topological polar surface area (TPSA) is 55.4 Å². The zero-order chi connectivity index (χ0) is 16.0. The van der Waals surface area contributed by atoms with Crippen molar-refractivity contribution in [1.29, 1.82) is 0 Å². The summed E-state index contributed by atoms with van der Waals surface area (Å²) in [5.41, 5.74) is 2.22. The molecule has 0 heterocycles. The fourth-order valence-electron chi connectivity index (χ4n) is 1.89.